The molecule has 0 aliphatic carbocycles. The van der Waals surface area contributed by atoms with E-state index in [0.717, 1.165) is 0 Å². The number of aliphatic carboxylic acids is 1. The summed E-state index contributed by atoms with van der Waals surface area (Å²) in [6, 6.07) is 0. The standard InChI is InChI=1S/C82H143N13O41/c1-37(65(83)106)16-39(18-41(68(86)109)20-43(70(88)111)22-45(72(90)113)24-47(74(92)115)26-49(76(94)117)28-50(77(95)118)27-48(75(93)116)25-46(73(91)114)23-44(71(89)112)21-42(69(87)110)19-40(67(85)108)17-38(2)66(84)107)32-126-14-12-124-10-8-122-6-4-121-5-7-123-9-11-125-13-15-127-33-52(34-128-51-35-129-82(3,81(119)120)130-36-51)131-78-61(104)58(101)63(54(30-97)133-78)136-80-62(105)59(102)64(55(31-98)134-80)135-79-60(103)57(100)56(99)53(29-96)132-79/h37-64,78-80,96-105H,4-36H2,1-3H3,(H2,83,106)(H2,84,107)(H2,85,108)(H2,86,109)(H2,87,110)(H2,88,111)(H2,89,112)(H2,90,113)(H2,91,114)(H2,92,115)(H2,93,116)(H2,94,117)(H2,95,118)(H,119,120)/t37?,38?,39?,40?,41?,42?,43?,44?,45?,46?,47?,48?,49?,50?,51?,52?,53?,54-,55?,56+,57+,58?,59-,60?,61?,62?,63-,64+,78+,79+,80+,82?/m1/s1. The van der Waals surface area contributed by atoms with Gasteiger partial charge in [-0.25, -0.2) is 4.79 Å². The average molecular weight is 1970 g/mol. The van der Waals surface area contributed by atoms with E-state index in [2.05, 4.69) is 0 Å². The van der Waals surface area contributed by atoms with E-state index in [1.54, 1.807) is 6.92 Å². The average Bonchev–Trinajstić information content (AvgIpc) is 0.778. The second-order valence-corrected chi connectivity index (χ2v) is 34.7. The van der Waals surface area contributed by atoms with E-state index in [1.165, 1.54) is 13.8 Å². The number of ether oxygens (including phenoxy) is 16. The number of aliphatic hydroxyl groups excluding tert-OH is 10. The zero-order valence-electron chi connectivity index (χ0n) is 76.4. The van der Waals surface area contributed by atoms with Gasteiger partial charge in [0.25, 0.3) is 5.79 Å². The molecule has 13 amide bonds. The first-order valence-electron chi connectivity index (χ1n) is 44.5. The second-order valence-electron chi connectivity index (χ2n) is 34.7. The van der Waals surface area contributed by atoms with E-state index in [1.807, 2.05) is 0 Å². The Morgan fingerprint density at radius 1 is 0.309 bits per heavy atom. The predicted octanol–water partition coefficient (Wildman–Crippen LogP) is -12.8. The molecular formula is C82H143N13O41. The number of rotatable bonds is 74. The zero-order valence-corrected chi connectivity index (χ0v) is 76.4. The summed E-state index contributed by atoms with van der Waals surface area (Å²) >= 11 is 0. The molecule has 30 atom stereocenters. The number of primary amides is 13. The van der Waals surface area contributed by atoms with Crippen LogP contribution in [0.5, 0.6) is 0 Å². The van der Waals surface area contributed by atoms with Gasteiger partial charge in [0.2, 0.25) is 76.8 Å². The molecule has 0 aromatic heterocycles. The quantitative estimate of drug-likeness (QED) is 0.0251. The molecule has 54 heteroatoms. The van der Waals surface area contributed by atoms with Crippen molar-refractivity contribution in [3.8, 4) is 0 Å². The van der Waals surface area contributed by atoms with E-state index in [4.69, 9.17) is 150 Å². The van der Waals surface area contributed by atoms with Gasteiger partial charge in [0, 0.05) is 90.5 Å². The van der Waals surface area contributed by atoms with Gasteiger partial charge >= 0.3 is 5.97 Å². The molecule has 4 heterocycles. The molecule has 4 aliphatic rings. The Bertz CT molecular complexity index is 3750. The molecule has 4 rings (SSSR count). The van der Waals surface area contributed by atoms with Crippen molar-refractivity contribution in [3.63, 3.8) is 0 Å². The molecule has 0 bridgehead atoms. The van der Waals surface area contributed by atoms with Crippen molar-refractivity contribution in [2.45, 2.75) is 214 Å². The van der Waals surface area contributed by atoms with Crippen molar-refractivity contribution in [2.24, 2.45) is 157 Å². The van der Waals surface area contributed by atoms with Gasteiger partial charge in [0.05, 0.1) is 126 Å². The maximum absolute atomic E-state index is 13.2. The van der Waals surface area contributed by atoms with E-state index in [0.29, 0.717) is 0 Å². The molecule has 0 radical (unpaired) electrons. The third-order valence-corrected chi connectivity index (χ3v) is 24.3. The Balaban J connectivity index is 1.21. The van der Waals surface area contributed by atoms with Gasteiger partial charge in [-0.1, -0.05) is 13.8 Å². The van der Waals surface area contributed by atoms with Gasteiger partial charge in [-0.2, -0.15) is 0 Å². The molecule has 4 aliphatic heterocycles. The molecule has 136 heavy (non-hydrogen) atoms. The lowest BCUT2D eigenvalue weighted by molar-refractivity contribution is -0.381. The van der Waals surface area contributed by atoms with Crippen LogP contribution in [0.3, 0.4) is 0 Å². The molecule has 21 unspecified atom stereocenters. The number of aliphatic hydroxyl groups is 10. The van der Waals surface area contributed by atoms with Crippen LogP contribution in [0.4, 0.5) is 0 Å². The van der Waals surface area contributed by atoms with Crippen LogP contribution in [0.2, 0.25) is 0 Å². The lowest BCUT2D eigenvalue weighted by Gasteiger charge is -2.48. The molecule has 0 saturated carbocycles. The van der Waals surface area contributed by atoms with Gasteiger partial charge in [-0.15, -0.1) is 0 Å². The zero-order chi connectivity index (χ0) is 102. The van der Waals surface area contributed by atoms with Crippen LogP contribution in [0.15, 0.2) is 0 Å². The first kappa shape index (κ1) is 120. The Morgan fingerprint density at radius 3 is 0.860 bits per heavy atom. The number of amides is 13. The first-order chi connectivity index (χ1) is 64.0. The highest BCUT2D eigenvalue weighted by molar-refractivity contribution is 5.87. The fourth-order valence-corrected chi connectivity index (χ4v) is 16.1. The monoisotopic (exact) mass is 1970 g/mol. The van der Waals surface area contributed by atoms with Crippen LogP contribution < -0.4 is 74.5 Å². The largest absolute Gasteiger partial charge is 0.477 e. The van der Waals surface area contributed by atoms with Crippen LogP contribution in [-0.2, 0) is 143 Å². The van der Waals surface area contributed by atoms with Crippen molar-refractivity contribution >= 4 is 82.8 Å². The van der Waals surface area contributed by atoms with Crippen LogP contribution in [0.1, 0.15) is 104 Å². The summed E-state index contributed by atoms with van der Waals surface area (Å²) in [5, 5.41) is 116. The van der Waals surface area contributed by atoms with E-state index in [9.17, 15) is 123 Å². The minimum Gasteiger partial charge on any atom is -0.477 e. The highest BCUT2D eigenvalue weighted by Gasteiger charge is 2.55. The number of carboxylic acids is 1. The van der Waals surface area contributed by atoms with Crippen molar-refractivity contribution in [2.75, 3.05) is 132 Å². The normalized spacial score (nSPS) is 27.6. The summed E-state index contributed by atoms with van der Waals surface area (Å²) < 4.78 is 90.5. The third kappa shape index (κ3) is 40.0. The number of nitrogens with two attached hydrogens (primary N) is 13. The molecule has 4 saturated heterocycles. The maximum atomic E-state index is 13.2. The van der Waals surface area contributed by atoms with Gasteiger partial charge in [-0.3, -0.25) is 62.3 Å². The lowest BCUT2D eigenvalue weighted by atomic mass is 9.75. The summed E-state index contributed by atoms with van der Waals surface area (Å²) in [4.78, 5) is 179. The highest BCUT2D eigenvalue weighted by atomic mass is 16.8. The van der Waals surface area contributed by atoms with Crippen LogP contribution in [-0.4, -0.2) is 381 Å². The Hall–Kier alpha value is -8.46. The Morgan fingerprint density at radius 2 is 0.566 bits per heavy atom. The minimum atomic E-state index is -2.07. The number of hydrogen-bond donors (Lipinski definition) is 24. The summed E-state index contributed by atoms with van der Waals surface area (Å²) in [5.74, 6) is -33.6. The van der Waals surface area contributed by atoms with Crippen molar-refractivity contribution < 1.29 is 199 Å². The van der Waals surface area contributed by atoms with Gasteiger partial charge in [-0.05, 0) is 89.4 Å². The fraction of sp³-hybridized carbons (Fsp3) is 0.829. The molecule has 54 nitrogen and oxygen atoms in total. The number of hydrogen-bond acceptors (Lipinski definition) is 40. The molecule has 0 aromatic carbocycles. The second kappa shape index (κ2) is 60.5. The molecular weight excluding hydrogens is 1820 g/mol. The third-order valence-electron chi connectivity index (χ3n) is 24.3. The van der Waals surface area contributed by atoms with Crippen LogP contribution in [0.25, 0.3) is 0 Å². The lowest BCUT2D eigenvalue weighted by Crippen LogP contribution is -2.66. The van der Waals surface area contributed by atoms with E-state index < -0.39 is 347 Å². The highest BCUT2D eigenvalue weighted by Crippen LogP contribution is 2.38. The molecule has 0 aromatic rings. The fourth-order valence-electron chi connectivity index (χ4n) is 16.1. The van der Waals surface area contributed by atoms with Crippen molar-refractivity contribution in [3.05, 3.63) is 0 Å². The predicted molar refractivity (Wildman–Crippen MR) is 457 cm³/mol. The summed E-state index contributed by atoms with van der Waals surface area (Å²) in [5.41, 5.74) is 74.4. The first-order valence-corrected chi connectivity index (χ1v) is 44.5. The van der Waals surface area contributed by atoms with Crippen LogP contribution >= 0.6 is 0 Å². The molecule has 37 N–H and O–H groups in total. The van der Waals surface area contributed by atoms with Gasteiger partial charge < -0.3 is 206 Å². The topological polar surface area (TPSA) is 947 Å². The molecule has 0 spiro atoms. The minimum absolute atomic E-state index is 0.0196. The summed E-state index contributed by atoms with van der Waals surface area (Å²) in [6.45, 7) is 1.76. The molecule has 4 fully saturated rings. The van der Waals surface area contributed by atoms with Gasteiger partial charge in [0.1, 0.15) is 85.5 Å². The number of carboxylic acid groups (broad SMARTS) is 1. The van der Waals surface area contributed by atoms with Crippen LogP contribution in [0, 0.1) is 82.9 Å². The Labute approximate surface area is 783 Å². The van der Waals surface area contributed by atoms with Gasteiger partial charge in [0.15, 0.2) is 18.9 Å². The van der Waals surface area contributed by atoms with E-state index >= 15 is 0 Å². The summed E-state index contributed by atoms with van der Waals surface area (Å²) in [7, 11) is 0. The number of carbonyl (C=O) groups excluding carboxylic acids is 13. The maximum Gasteiger partial charge on any atom is 0.364 e. The van der Waals surface area contributed by atoms with E-state index in [-0.39, 0.29) is 144 Å². The smallest absolute Gasteiger partial charge is 0.364 e. The molecule has 782 valence electrons. The SMILES string of the molecule is CC(CC(COCCOCCOCCOCCOCCOCCOCC(COC1COC(C)(C(=O)O)OC1)O[C@H]1O[C@H](CO)[C@@H](O[C@@H]2OC(CO)[C@H](O[C@@H]3OC(CO)[C@H](O)[C@H](O)C3O)[C@H](O)C2O)C(O)C1O)CC(CC(CC(CC(CC(CC(CC(CC(CC(CC(CC(CC(C)C(N)=O)C(N)=O)C(N)=O)C(N)=O)C(N)=O)C(N)=O)C(N)=O)C(N)=O)C(N)=O)C(N)=O)C(N)=O)C(N)=O)C(N)=O. The van der Waals surface area contributed by atoms with Crippen molar-refractivity contribution in [1.29, 1.82) is 0 Å². The number of carbonyl (C=O) groups is 14. The summed E-state index contributed by atoms with van der Waals surface area (Å²) in [6.07, 6.45) is -34.4. The van der Waals surface area contributed by atoms with Crippen molar-refractivity contribution in [1.82, 2.24) is 0 Å². The Kier molecular flexibility index (Phi) is 53.3.